The maximum absolute atomic E-state index is 14.7. The lowest BCUT2D eigenvalue weighted by molar-refractivity contribution is 0.0628. The number of ether oxygens (including phenoxy) is 1. The Kier molecular flexibility index (Phi) is 7.28. The minimum Gasteiger partial charge on any atom is -0.487 e. The molecule has 0 unspecified atom stereocenters. The quantitative estimate of drug-likeness (QED) is 0.446. The molecule has 0 saturated carbocycles. The number of nitrogens with zero attached hydrogens (tertiary/aromatic N) is 3. The third-order valence-corrected chi connectivity index (χ3v) is 6.44. The van der Waals surface area contributed by atoms with Gasteiger partial charge in [-0.05, 0) is 26.3 Å². The molecule has 2 atom stereocenters. The Bertz CT molecular complexity index is 1320. The van der Waals surface area contributed by atoms with Gasteiger partial charge in [0.15, 0.2) is 11.4 Å². The molecule has 2 aromatic rings. The minimum atomic E-state index is -1.20. The van der Waals surface area contributed by atoms with Gasteiger partial charge in [0, 0.05) is 30.4 Å². The van der Waals surface area contributed by atoms with E-state index in [-0.39, 0.29) is 24.7 Å². The smallest absolute Gasteiger partial charge is 0.278 e. The van der Waals surface area contributed by atoms with Crippen LogP contribution < -0.4 is 20.5 Å². The molecular weight excluding hydrogens is 496 g/mol. The molecule has 37 heavy (non-hydrogen) atoms. The molecule has 1 N–H and O–H groups in total. The standard InChI is InChI=1S/C25H26F4N4O4/c1-4-5-6-37-23-21-25(36)31-12-33(13(2)7-18(27)14(31)3)32(21)11-17(22(23)34)24(35)30-10-16-19(28)8-15(26)9-20(16)29/h7-9,11,13-14H,4-6,10,12H2,1-3H3,(H,30,35)/t13-,14+/m1/s1. The van der Waals surface area contributed by atoms with E-state index in [1.807, 2.05) is 6.92 Å². The molecule has 2 aliphatic rings. The highest BCUT2D eigenvalue weighted by Crippen LogP contribution is 2.30. The molecular formula is C25H26F4N4O4. The van der Waals surface area contributed by atoms with E-state index in [4.69, 9.17) is 4.74 Å². The van der Waals surface area contributed by atoms with Crippen LogP contribution in [0.5, 0.6) is 5.75 Å². The fourth-order valence-electron chi connectivity index (χ4n) is 4.25. The van der Waals surface area contributed by atoms with Crippen LogP contribution in [0, 0.1) is 17.5 Å². The first-order chi connectivity index (χ1) is 17.5. The number of halogens is 4. The number of amides is 2. The monoisotopic (exact) mass is 522 g/mol. The Hall–Kier alpha value is -3.83. The summed E-state index contributed by atoms with van der Waals surface area (Å²) in [5.74, 6) is -6.04. The van der Waals surface area contributed by atoms with Crippen molar-refractivity contribution < 1.29 is 31.9 Å². The van der Waals surface area contributed by atoms with Crippen LogP contribution in [-0.2, 0) is 6.54 Å². The molecule has 1 aromatic heterocycles. The molecule has 8 nitrogen and oxygen atoms in total. The number of hydrogen-bond acceptors (Lipinski definition) is 5. The number of unbranched alkanes of at least 4 members (excludes halogenated alkanes) is 1. The second kappa shape index (κ2) is 10.3. The first kappa shape index (κ1) is 26.2. The van der Waals surface area contributed by atoms with Crippen LogP contribution in [0.2, 0.25) is 0 Å². The molecule has 2 amide bonds. The Morgan fingerprint density at radius 3 is 2.46 bits per heavy atom. The molecule has 198 valence electrons. The van der Waals surface area contributed by atoms with Gasteiger partial charge in [-0.25, -0.2) is 17.6 Å². The summed E-state index contributed by atoms with van der Waals surface area (Å²) in [6.07, 6.45) is 3.75. The number of aromatic nitrogens is 1. The van der Waals surface area contributed by atoms with Gasteiger partial charge >= 0.3 is 0 Å². The number of pyridine rings is 1. The molecule has 2 aliphatic heterocycles. The first-order valence-corrected chi connectivity index (χ1v) is 11.8. The zero-order chi connectivity index (χ0) is 27.0. The summed E-state index contributed by atoms with van der Waals surface area (Å²) in [5, 5.41) is 3.85. The van der Waals surface area contributed by atoms with Crippen LogP contribution >= 0.6 is 0 Å². The second-order valence-corrected chi connectivity index (χ2v) is 8.95. The van der Waals surface area contributed by atoms with Crippen LogP contribution in [0.15, 0.2) is 35.0 Å². The third kappa shape index (κ3) is 4.79. The molecule has 4 rings (SSSR count). The van der Waals surface area contributed by atoms with Crippen molar-refractivity contribution in [2.75, 3.05) is 18.3 Å². The van der Waals surface area contributed by atoms with E-state index in [9.17, 15) is 31.9 Å². The van der Waals surface area contributed by atoms with Gasteiger partial charge in [0.2, 0.25) is 5.43 Å². The van der Waals surface area contributed by atoms with E-state index in [1.165, 1.54) is 22.6 Å². The van der Waals surface area contributed by atoms with Crippen LogP contribution in [-0.4, -0.2) is 46.7 Å². The van der Waals surface area contributed by atoms with Crippen molar-refractivity contribution in [3.8, 4) is 5.75 Å². The van der Waals surface area contributed by atoms with Gasteiger partial charge in [0.05, 0.1) is 18.7 Å². The molecule has 0 aliphatic carbocycles. The van der Waals surface area contributed by atoms with E-state index in [0.29, 0.717) is 18.6 Å². The molecule has 3 heterocycles. The topological polar surface area (TPSA) is 83.9 Å². The van der Waals surface area contributed by atoms with E-state index in [1.54, 1.807) is 11.9 Å². The Morgan fingerprint density at radius 2 is 1.81 bits per heavy atom. The van der Waals surface area contributed by atoms with Crippen molar-refractivity contribution in [2.24, 2.45) is 0 Å². The summed E-state index contributed by atoms with van der Waals surface area (Å²) in [5.41, 5.74) is -2.09. The SMILES string of the molecule is CCCCOc1c2n(cc(C(=O)NCc3c(F)cc(F)cc3F)c1=O)N1CN(C2=O)[C@@H](C)C(F)=C[C@H]1C. The van der Waals surface area contributed by atoms with Crippen molar-refractivity contribution in [1.82, 2.24) is 14.9 Å². The van der Waals surface area contributed by atoms with E-state index >= 15 is 0 Å². The first-order valence-electron chi connectivity index (χ1n) is 11.8. The lowest BCUT2D eigenvalue weighted by atomic mass is 10.1. The van der Waals surface area contributed by atoms with E-state index in [0.717, 1.165) is 12.6 Å². The third-order valence-electron chi connectivity index (χ3n) is 6.44. The predicted octanol–water partition coefficient (Wildman–Crippen LogP) is 3.37. The van der Waals surface area contributed by atoms with Gasteiger partial charge in [0.1, 0.15) is 35.5 Å². The van der Waals surface area contributed by atoms with Crippen molar-refractivity contribution >= 4 is 11.8 Å². The maximum Gasteiger partial charge on any atom is 0.278 e. The lowest BCUT2D eigenvalue weighted by Crippen LogP contribution is -2.58. The van der Waals surface area contributed by atoms with Gasteiger partial charge < -0.3 is 15.0 Å². The van der Waals surface area contributed by atoms with Crippen molar-refractivity contribution in [2.45, 2.75) is 52.2 Å². The number of carbonyl (C=O) groups excluding carboxylic acids is 2. The molecule has 0 saturated heterocycles. The number of rotatable bonds is 7. The fourth-order valence-corrected chi connectivity index (χ4v) is 4.25. The minimum absolute atomic E-state index is 0.0254. The highest BCUT2D eigenvalue weighted by Gasteiger charge is 2.41. The molecule has 0 radical (unpaired) electrons. The van der Waals surface area contributed by atoms with Crippen molar-refractivity contribution in [3.63, 3.8) is 0 Å². The summed E-state index contributed by atoms with van der Waals surface area (Å²) >= 11 is 0. The molecule has 0 spiro atoms. The fraction of sp³-hybridized carbons (Fsp3) is 0.400. The van der Waals surface area contributed by atoms with Gasteiger partial charge in [0.25, 0.3) is 11.8 Å². The number of hydrogen-bond donors (Lipinski definition) is 1. The Morgan fingerprint density at radius 1 is 1.14 bits per heavy atom. The molecule has 2 bridgehead atoms. The molecule has 0 fully saturated rings. The predicted molar refractivity (Wildman–Crippen MR) is 126 cm³/mol. The average Bonchev–Trinajstić information content (AvgIpc) is 2.93. The molecule has 12 heteroatoms. The van der Waals surface area contributed by atoms with Crippen molar-refractivity contribution in [3.05, 3.63) is 74.7 Å². The van der Waals surface area contributed by atoms with Crippen LogP contribution in [0.25, 0.3) is 0 Å². The second-order valence-electron chi connectivity index (χ2n) is 8.95. The maximum atomic E-state index is 14.7. The lowest BCUT2D eigenvalue weighted by Gasteiger charge is -2.42. The Labute approximate surface area is 210 Å². The van der Waals surface area contributed by atoms with Crippen LogP contribution in [0.3, 0.4) is 0 Å². The summed E-state index contributed by atoms with van der Waals surface area (Å²) in [4.78, 5) is 41.0. The number of nitrogens with one attached hydrogen (secondary N) is 1. The summed E-state index contributed by atoms with van der Waals surface area (Å²) in [6.45, 7) is 4.51. The summed E-state index contributed by atoms with van der Waals surface area (Å²) in [6, 6.07) is -0.493. The normalized spacial score (nSPS) is 18.8. The molecule has 1 aromatic carbocycles. The van der Waals surface area contributed by atoms with Gasteiger partial charge in [-0.2, -0.15) is 0 Å². The van der Waals surface area contributed by atoms with Gasteiger partial charge in [-0.3, -0.25) is 24.1 Å². The number of carbonyl (C=O) groups is 2. The van der Waals surface area contributed by atoms with Crippen LogP contribution in [0.4, 0.5) is 17.6 Å². The number of benzene rings is 1. The zero-order valence-electron chi connectivity index (χ0n) is 20.5. The summed E-state index contributed by atoms with van der Waals surface area (Å²) < 4.78 is 63.0. The highest BCUT2D eigenvalue weighted by atomic mass is 19.1. The average molecular weight is 522 g/mol. The van der Waals surface area contributed by atoms with Crippen LogP contribution in [0.1, 0.15) is 60.0 Å². The number of fused-ring (bicyclic) bond motifs is 4. The Balaban J connectivity index is 1.78. The van der Waals surface area contributed by atoms with E-state index in [2.05, 4.69) is 5.32 Å². The van der Waals surface area contributed by atoms with E-state index < -0.39 is 70.3 Å². The van der Waals surface area contributed by atoms with Gasteiger partial charge in [-0.1, -0.05) is 13.3 Å². The van der Waals surface area contributed by atoms with Crippen molar-refractivity contribution in [1.29, 1.82) is 0 Å². The summed E-state index contributed by atoms with van der Waals surface area (Å²) in [7, 11) is 0. The highest BCUT2D eigenvalue weighted by molar-refractivity contribution is 5.99. The van der Waals surface area contributed by atoms with Gasteiger partial charge in [-0.15, -0.1) is 0 Å². The zero-order valence-corrected chi connectivity index (χ0v) is 20.5. The largest absolute Gasteiger partial charge is 0.487 e.